The van der Waals surface area contributed by atoms with E-state index in [0.29, 0.717) is 11.3 Å². The second-order valence-corrected chi connectivity index (χ2v) is 2.69. The van der Waals surface area contributed by atoms with Gasteiger partial charge in [-0.1, -0.05) is 0 Å². The molecule has 1 aromatic carbocycles. The van der Waals surface area contributed by atoms with Crippen molar-refractivity contribution in [2.45, 2.75) is 0 Å². The van der Waals surface area contributed by atoms with Gasteiger partial charge in [-0.15, -0.1) is 0 Å². The molecule has 0 heterocycles. The molecule has 14 heavy (non-hydrogen) atoms. The van der Waals surface area contributed by atoms with Gasteiger partial charge in [0, 0.05) is 12.7 Å². The number of anilines is 1. The SMILES string of the molecule is COC(=O)N(C)c1ccc(C#N)cc1. The highest BCUT2D eigenvalue weighted by Crippen LogP contribution is 2.13. The lowest BCUT2D eigenvalue weighted by Gasteiger charge is -2.14. The van der Waals surface area contributed by atoms with Crippen molar-refractivity contribution in [2.75, 3.05) is 19.1 Å². The summed E-state index contributed by atoms with van der Waals surface area (Å²) >= 11 is 0. The fraction of sp³-hybridized carbons (Fsp3) is 0.200. The summed E-state index contributed by atoms with van der Waals surface area (Å²) in [5, 5.41) is 8.57. The molecule has 0 fully saturated rings. The number of nitrogens with zero attached hydrogens (tertiary/aromatic N) is 2. The fourth-order valence-corrected chi connectivity index (χ4v) is 1.00. The minimum atomic E-state index is -0.435. The molecule has 0 bridgehead atoms. The number of nitriles is 1. The van der Waals surface area contributed by atoms with Crippen molar-refractivity contribution in [1.82, 2.24) is 0 Å². The van der Waals surface area contributed by atoms with Crippen molar-refractivity contribution < 1.29 is 9.53 Å². The summed E-state index contributed by atoms with van der Waals surface area (Å²) in [5.74, 6) is 0. The second kappa shape index (κ2) is 4.28. The van der Waals surface area contributed by atoms with Crippen LogP contribution in [0.4, 0.5) is 10.5 Å². The number of amides is 1. The molecule has 0 aliphatic carbocycles. The average Bonchev–Trinajstić information content (AvgIpc) is 2.27. The Morgan fingerprint density at radius 2 is 2.00 bits per heavy atom. The number of methoxy groups -OCH3 is 1. The lowest BCUT2D eigenvalue weighted by molar-refractivity contribution is 0.180. The number of carbonyl (C=O) groups excluding carboxylic acids is 1. The van der Waals surface area contributed by atoms with Crippen molar-refractivity contribution in [3.8, 4) is 6.07 Å². The van der Waals surface area contributed by atoms with Crippen LogP contribution in [0.3, 0.4) is 0 Å². The van der Waals surface area contributed by atoms with Gasteiger partial charge in [-0.05, 0) is 24.3 Å². The summed E-state index contributed by atoms with van der Waals surface area (Å²) in [6, 6.07) is 8.68. The number of ether oxygens (including phenoxy) is 1. The Bertz CT molecular complexity index is 365. The van der Waals surface area contributed by atoms with Crippen LogP contribution in [0.1, 0.15) is 5.56 Å². The zero-order valence-corrected chi connectivity index (χ0v) is 8.02. The van der Waals surface area contributed by atoms with E-state index in [1.54, 1.807) is 31.3 Å². The number of hydrogen-bond acceptors (Lipinski definition) is 3. The third kappa shape index (κ3) is 2.02. The first-order valence-electron chi connectivity index (χ1n) is 4.01. The summed E-state index contributed by atoms with van der Waals surface area (Å²) in [7, 11) is 2.93. The largest absolute Gasteiger partial charge is 0.452 e. The molecule has 0 unspecified atom stereocenters. The molecule has 0 saturated heterocycles. The minimum absolute atomic E-state index is 0.435. The van der Waals surface area contributed by atoms with Crippen LogP contribution in [-0.2, 0) is 4.74 Å². The zero-order valence-electron chi connectivity index (χ0n) is 8.02. The number of carbonyl (C=O) groups is 1. The molecule has 0 spiro atoms. The molecule has 4 nitrogen and oxygen atoms in total. The van der Waals surface area contributed by atoms with Crippen LogP contribution in [0, 0.1) is 11.3 Å². The van der Waals surface area contributed by atoms with E-state index >= 15 is 0 Å². The van der Waals surface area contributed by atoms with E-state index in [1.165, 1.54) is 12.0 Å². The van der Waals surface area contributed by atoms with Crippen molar-refractivity contribution in [2.24, 2.45) is 0 Å². The Morgan fingerprint density at radius 1 is 1.43 bits per heavy atom. The van der Waals surface area contributed by atoms with Gasteiger partial charge < -0.3 is 4.74 Å². The first kappa shape index (κ1) is 10.1. The maximum atomic E-state index is 11.1. The van der Waals surface area contributed by atoms with E-state index in [-0.39, 0.29) is 0 Å². The van der Waals surface area contributed by atoms with Gasteiger partial charge in [0.25, 0.3) is 0 Å². The molecule has 0 saturated carbocycles. The van der Waals surface area contributed by atoms with Crippen LogP contribution < -0.4 is 4.90 Å². The highest BCUT2D eigenvalue weighted by molar-refractivity contribution is 5.86. The number of rotatable bonds is 1. The predicted octanol–water partition coefficient (Wildman–Crippen LogP) is 1.76. The van der Waals surface area contributed by atoms with Crippen LogP contribution in [0.5, 0.6) is 0 Å². The minimum Gasteiger partial charge on any atom is -0.452 e. The lowest BCUT2D eigenvalue weighted by Crippen LogP contribution is -2.25. The standard InChI is InChI=1S/C10H10N2O2/c1-12(10(13)14-2)9-5-3-8(7-11)4-6-9/h3-6H,1-2H3. The first-order valence-corrected chi connectivity index (χ1v) is 4.01. The van der Waals surface area contributed by atoms with Crippen LogP contribution in [0.25, 0.3) is 0 Å². The molecule has 1 aromatic rings. The zero-order chi connectivity index (χ0) is 10.6. The van der Waals surface area contributed by atoms with E-state index in [1.807, 2.05) is 6.07 Å². The molecule has 1 rings (SSSR count). The molecule has 0 aliphatic rings. The summed E-state index contributed by atoms with van der Waals surface area (Å²) in [6.07, 6.45) is -0.435. The van der Waals surface area contributed by atoms with Gasteiger partial charge in [-0.3, -0.25) is 4.90 Å². The van der Waals surface area contributed by atoms with Crippen molar-refractivity contribution in [3.05, 3.63) is 29.8 Å². The van der Waals surface area contributed by atoms with Gasteiger partial charge in [0.05, 0.1) is 18.7 Å². The third-order valence-corrected chi connectivity index (χ3v) is 1.83. The van der Waals surface area contributed by atoms with E-state index in [9.17, 15) is 4.79 Å². The summed E-state index contributed by atoms with van der Waals surface area (Å²) in [6.45, 7) is 0. The third-order valence-electron chi connectivity index (χ3n) is 1.83. The van der Waals surface area contributed by atoms with E-state index < -0.39 is 6.09 Å². The van der Waals surface area contributed by atoms with Crippen molar-refractivity contribution >= 4 is 11.8 Å². The quantitative estimate of drug-likeness (QED) is 0.678. The fourth-order valence-electron chi connectivity index (χ4n) is 1.00. The molecule has 1 amide bonds. The van der Waals surface area contributed by atoms with Crippen LogP contribution in [0.15, 0.2) is 24.3 Å². The maximum Gasteiger partial charge on any atom is 0.413 e. The maximum absolute atomic E-state index is 11.1. The van der Waals surface area contributed by atoms with Gasteiger partial charge in [-0.2, -0.15) is 5.26 Å². The monoisotopic (exact) mass is 190 g/mol. The summed E-state index contributed by atoms with van der Waals surface area (Å²) in [5.41, 5.74) is 1.25. The highest BCUT2D eigenvalue weighted by atomic mass is 16.5. The Labute approximate surface area is 82.3 Å². The normalized spacial score (nSPS) is 8.93. The Kier molecular flexibility index (Phi) is 3.08. The Morgan fingerprint density at radius 3 is 2.43 bits per heavy atom. The molecular weight excluding hydrogens is 180 g/mol. The topological polar surface area (TPSA) is 53.3 Å². The summed E-state index contributed by atoms with van der Waals surface area (Å²) < 4.78 is 4.54. The Balaban J connectivity index is 2.88. The van der Waals surface area contributed by atoms with Gasteiger partial charge >= 0.3 is 6.09 Å². The molecule has 0 aliphatic heterocycles. The molecular formula is C10H10N2O2. The second-order valence-electron chi connectivity index (χ2n) is 2.69. The van der Waals surface area contributed by atoms with Crippen LogP contribution in [-0.4, -0.2) is 20.3 Å². The first-order chi connectivity index (χ1) is 6.69. The molecule has 0 aromatic heterocycles. The van der Waals surface area contributed by atoms with Gasteiger partial charge in [0.2, 0.25) is 0 Å². The molecule has 72 valence electrons. The van der Waals surface area contributed by atoms with Gasteiger partial charge in [-0.25, -0.2) is 4.79 Å². The molecule has 4 heteroatoms. The van der Waals surface area contributed by atoms with Crippen molar-refractivity contribution in [3.63, 3.8) is 0 Å². The van der Waals surface area contributed by atoms with Gasteiger partial charge in [0.1, 0.15) is 0 Å². The molecule has 0 N–H and O–H groups in total. The van der Waals surface area contributed by atoms with Crippen LogP contribution in [0.2, 0.25) is 0 Å². The average molecular weight is 190 g/mol. The predicted molar refractivity (Wildman–Crippen MR) is 52.0 cm³/mol. The van der Waals surface area contributed by atoms with E-state index in [4.69, 9.17) is 5.26 Å². The highest BCUT2D eigenvalue weighted by Gasteiger charge is 2.09. The van der Waals surface area contributed by atoms with E-state index in [2.05, 4.69) is 4.74 Å². The smallest absolute Gasteiger partial charge is 0.413 e. The molecule has 0 atom stereocenters. The number of hydrogen-bond donors (Lipinski definition) is 0. The Hall–Kier alpha value is -2.02. The lowest BCUT2D eigenvalue weighted by atomic mass is 10.2. The summed E-state index contributed by atoms with van der Waals surface area (Å²) in [4.78, 5) is 12.5. The van der Waals surface area contributed by atoms with Gasteiger partial charge in [0.15, 0.2) is 0 Å². The molecule has 0 radical (unpaired) electrons. The number of benzene rings is 1. The van der Waals surface area contributed by atoms with E-state index in [0.717, 1.165) is 0 Å². The van der Waals surface area contributed by atoms with Crippen LogP contribution >= 0.6 is 0 Å². The van der Waals surface area contributed by atoms with Crippen molar-refractivity contribution in [1.29, 1.82) is 5.26 Å².